The van der Waals surface area contributed by atoms with Crippen LogP contribution in [-0.4, -0.2) is 30.9 Å². The first kappa shape index (κ1) is 15.7. The fourth-order valence-electron chi connectivity index (χ4n) is 2.14. The SMILES string of the molecule is CCc1ccc(NC(=S)NC2NNCC2C(=O)OC)cc1. The number of ether oxygens (including phenoxy) is 1. The minimum atomic E-state index is -0.322. The fourth-order valence-corrected chi connectivity index (χ4v) is 2.38. The molecule has 2 rings (SSSR count). The zero-order chi connectivity index (χ0) is 15.2. The molecule has 0 bridgehead atoms. The molecule has 2 unspecified atom stereocenters. The van der Waals surface area contributed by atoms with Crippen molar-refractivity contribution in [3.8, 4) is 0 Å². The molecule has 0 spiro atoms. The summed E-state index contributed by atoms with van der Waals surface area (Å²) in [4.78, 5) is 11.6. The molecule has 21 heavy (non-hydrogen) atoms. The first-order chi connectivity index (χ1) is 10.1. The maximum absolute atomic E-state index is 11.6. The highest BCUT2D eigenvalue weighted by Gasteiger charge is 2.34. The van der Waals surface area contributed by atoms with Gasteiger partial charge in [-0.05, 0) is 36.3 Å². The van der Waals surface area contributed by atoms with Crippen molar-refractivity contribution in [2.24, 2.45) is 5.92 Å². The third-order valence-corrected chi connectivity index (χ3v) is 3.61. The number of anilines is 1. The third kappa shape index (κ3) is 4.13. The van der Waals surface area contributed by atoms with Gasteiger partial charge in [-0.25, -0.2) is 5.43 Å². The van der Waals surface area contributed by atoms with Crippen LogP contribution in [0.5, 0.6) is 0 Å². The van der Waals surface area contributed by atoms with E-state index in [2.05, 4.69) is 40.5 Å². The first-order valence-corrected chi connectivity index (χ1v) is 7.27. The van der Waals surface area contributed by atoms with E-state index in [0.717, 1.165) is 12.1 Å². The molecule has 1 aliphatic heterocycles. The number of thiocarbonyl (C=S) groups is 1. The second-order valence-electron chi connectivity index (χ2n) is 4.78. The van der Waals surface area contributed by atoms with Crippen LogP contribution in [-0.2, 0) is 16.0 Å². The molecule has 0 aliphatic carbocycles. The second-order valence-corrected chi connectivity index (χ2v) is 5.19. The maximum atomic E-state index is 11.6. The topological polar surface area (TPSA) is 74.4 Å². The van der Waals surface area contributed by atoms with E-state index < -0.39 is 0 Å². The molecule has 6 nitrogen and oxygen atoms in total. The second kappa shape index (κ2) is 7.35. The number of nitrogens with one attached hydrogen (secondary N) is 4. The predicted molar refractivity (Wildman–Crippen MR) is 85.6 cm³/mol. The Hall–Kier alpha value is -1.70. The highest BCUT2D eigenvalue weighted by Crippen LogP contribution is 2.11. The summed E-state index contributed by atoms with van der Waals surface area (Å²) in [6.45, 7) is 2.61. The van der Waals surface area contributed by atoms with Gasteiger partial charge in [0, 0.05) is 12.2 Å². The summed E-state index contributed by atoms with van der Waals surface area (Å²) >= 11 is 5.27. The largest absolute Gasteiger partial charge is 0.469 e. The monoisotopic (exact) mass is 308 g/mol. The van der Waals surface area contributed by atoms with E-state index in [1.807, 2.05) is 12.1 Å². The predicted octanol–water partition coefficient (Wildman–Crippen LogP) is 0.758. The van der Waals surface area contributed by atoms with Crippen LogP contribution in [0, 0.1) is 5.92 Å². The van der Waals surface area contributed by atoms with Crippen LogP contribution < -0.4 is 21.5 Å². The highest BCUT2D eigenvalue weighted by molar-refractivity contribution is 7.80. The number of esters is 1. The van der Waals surface area contributed by atoms with Crippen molar-refractivity contribution < 1.29 is 9.53 Å². The number of benzene rings is 1. The fraction of sp³-hybridized carbons (Fsp3) is 0.429. The van der Waals surface area contributed by atoms with E-state index in [1.165, 1.54) is 12.7 Å². The maximum Gasteiger partial charge on any atom is 0.313 e. The number of carbonyl (C=O) groups excluding carboxylic acids is 1. The molecule has 1 aromatic carbocycles. The van der Waals surface area contributed by atoms with Crippen molar-refractivity contribution in [1.29, 1.82) is 0 Å². The van der Waals surface area contributed by atoms with Gasteiger partial charge in [-0.2, -0.15) is 0 Å². The average molecular weight is 308 g/mol. The van der Waals surface area contributed by atoms with Gasteiger partial charge in [-0.3, -0.25) is 10.2 Å². The Morgan fingerprint density at radius 2 is 2.14 bits per heavy atom. The quantitative estimate of drug-likeness (QED) is 0.483. The van der Waals surface area contributed by atoms with Gasteiger partial charge in [0.15, 0.2) is 5.11 Å². The van der Waals surface area contributed by atoms with Crippen molar-refractivity contribution >= 4 is 29.0 Å². The van der Waals surface area contributed by atoms with Crippen LogP contribution in [0.25, 0.3) is 0 Å². The number of hydrogen-bond donors (Lipinski definition) is 4. The Labute approximate surface area is 129 Å². The zero-order valence-electron chi connectivity index (χ0n) is 12.1. The smallest absolute Gasteiger partial charge is 0.313 e. The number of hydrogen-bond acceptors (Lipinski definition) is 5. The normalized spacial score (nSPS) is 20.9. The van der Waals surface area contributed by atoms with Crippen molar-refractivity contribution in [1.82, 2.24) is 16.2 Å². The van der Waals surface area contributed by atoms with Crippen LogP contribution in [0.3, 0.4) is 0 Å². The van der Waals surface area contributed by atoms with Gasteiger partial charge in [-0.15, -0.1) is 0 Å². The van der Waals surface area contributed by atoms with Crippen molar-refractivity contribution in [3.63, 3.8) is 0 Å². The Morgan fingerprint density at radius 3 is 2.76 bits per heavy atom. The lowest BCUT2D eigenvalue weighted by Crippen LogP contribution is -2.50. The Balaban J connectivity index is 1.90. The van der Waals surface area contributed by atoms with Crippen molar-refractivity contribution in [2.75, 3.05) is 19.0 Å². The van der Waals surface area contributed by atoms with Crippen LogP contribution in [0.2, 0.25) is 0 Å². The number of methoxy groups -OCH3 is 1. The van der Waals surface area contributed by atoms with Gasteiger partial charge in [0.2, 0.25) is 0 Å². The van der Waals surface area contributed by atoms with Crippen LogP contribution >= 0.6 is 12.2 Å². The van der Waals surface area contributed by atoms with E-state index in [-0.39, 0.29) is 18.1 Å². The van der Waals surface area contributed by atoms with Gasteiger partial charge in [0.25, 0.3) is 0 Å². The number of aryl methyl sites for hydroxylation is 1. The molecule has 1 heterocycles. The Bertz CT molecular complexity index is 506. The summed E-state index contributed by atoms with van der Waals surface area (Å²) in [5.41, 5.74) is 8.07. The third-order valence-electron chi connectivity index (χ3n) is 3.39. The highest BCUT2D eigenvalue weighted by atomic mass is 32.1. The lowest BCUT2D eigenvalue weighted by molar-refractivity contribution is -0.145. The van der Waals surface area contributed by atoms with Gasteiger partial charge >= 0.3 is 5.97 Å². The molecule has 0 aromatic heterocycles. The standard InChI is InChI=1S/C14H20N4O2S/c1-3-9-4-6-10(7-5-9)16-14(21)17-12-11(8-15-18-12)13(19)20-2/h4-7,11-12,15,18H,3,8H2,1-2H3,(H2,16,17,21). The summed E-state index contributed by atoms with van der Waals surface area (Å²) in [6.07, 6.45) is 0.703. The van der Waals surface area contributed by atoms with E-state index in [1.54, 1.807) is 0 Å². The van der Waals surface area contributed by atoms with Gasteiger partial charge in [0.05, 0.1) is 7.11 Å². The molecule has 0 amide bonds. The van der Waals surface area contributed by atoms with Crippen molar-refractivity contribution in [3.05, 3.63) is 29.8 Å². The number of hydrazine groups is 1. The molecule has 0 saturated carbocycles. The van der Waals surface area contributed by atoms with Crippen LogP contribution in [0.1, 0.15) is 12.5 Å². The first-order valence-electron chi connectivity index (χ1n) is 6.86. The minimum Gasteiger partial charge on any atom is -0.469 e. The van der Waals surface area contributed by atoms with E-state index >= 15 is 0 Å². The lowest BCUT2D eigenvalue weighted by Gasteiger charge is -2.20. The number of carbonyl (C=O) groups is 1. The Morgan fingerprint density at radius 1 is 1.43 bits per heavy atom. The minimum absolute atomic E-state index is 0.278. The van der Waals surface area contributed by atoms with Crippen molar-refractivity contribution in [2.45, 2.75) is 19.5 Å². The summed E-state index contributed by atoms with van der Waals surface area (Å²) < 4.78 is 4.77. The van der Waals surface area contributed by atoms with Gasteiger partial charge < -0.3 is 15.4 Å². The molecule has 1 saturated heterocycles. The molecule has 1 fully saturated rings. The van der Waals surface area contributed by atoms with E-state index in [4.69, 9.17) is 17.0 Å². The molecular weight excluding hydrogens is 288 g/mol. The van der Waals surface area contributed by atoms with E-state index in [9.17, 15) is 4.79 Å². The molecule has 0 radical (unpaired) electrons. The number of rotatable bonds is 4. The molecular formula is C14H20N4O2S. The molecule has 4 N–H and O–H groups in total. The molecule has 1 aliphatic rings. The lowest BCUT2D eigenvalue weighted by atomic mass is 10.1. The summed E-state index contributed by atoms with van der Waals surface area (Å²) in [5, 5.41) is 6.62. The van der Waals surface area contributed by atoms with Crippen LogP contribution in [0.4, 0.5) is 5.69 Å². The van der Waals surface area contributed by atoms with Gasteiger partial charge in [0.1, 0.15) is 12.1 Å². The molecule has 7 heteroatoms. The van der Waals surface area contributed by atoms with E-state index in [0.29, 0.717) is 11.7 Å². The average Bonchev–Trinajstić information content (AvgIpc) is 2.95. The summed E-state index contributed by atoms with van der Waals surface area (Å²) in [6, 6.07) is 8.06. The molecule has 2 atom stereocenters. The Kier molecular flexibility index (Phi) is 5.49. The van der Waals surface area contributed by atoms with Gasteiger partial charge in [-0.1, -0.05) is 19.1 Å². The zero-order valence-corrected chi connectivity index (χ0v) is 12.9. The molecule has 114 valence electrons. The molecule has 1 aromatic rings. The van der Waals surface area contributed by atoms with Crippen LogP contribution in [0.15, 0.2) is 24.3 Å². The summed E-state index contributed by atoms with van der Waals surface area (Å²) in [5.74, 6) is -0.600. The summed E-state index contributed by atoms with van der Waals surface area (Å²) in [7, 11) is 1.38.